The highest BCUT2D eigenvalue weighted by atomic mass is 16.5. The number of methoxy groups -OCH3 is 1. The zero-order valence-corrected chi connectivity index (χ0v) is 10.8. The molecule has 0 aliphatic rings. The Hall–Kier alpha value is -2.50. The first kappa shape index (κ1) is 12.9. The van der Waals surface area contributed by atoms with E-state index in [-0.39, 0.29) is 17.4 Å². The van der Waals surface area contributed by atoms with Crippen LogP contribution in [0.5, 0.6) is 5.75 Å². The van der Waals surface area contributed by atoms with Crippen LogP contribution in [0.25, 0.3) is 0 Å². The van der Waals surface area contributed by atoms with Gasteiger partial charge in [0.25, 0.3) is 5.56 Å². The zero-order valence-electron chi connectivity index (χ0n) is 10.8. The van der Waals surface area contributed by atoms with E-state index in [9.17, 15) is 4.79 Å². The quantitative estimate of drug-likeness (QED) is 0.725. The Bertz CT molecular complexity index is 607. The van der Waals surface area contributed by atoms with Crippen molar-refractivity contribution in [2.75, 3.05) is 18.2 Å². The van der Waals surface area contributed by atoms with E-state index in [0.29, 0.717) is 11.5 Å². The van der Waals surface area contributed by atoms with Crippen LogP contribution in [0.4, 0.5) is 11.5 Å². The van der Waals surface area contributed by atoms with Crippen molar-refractivity contribution >= 4 is 11.5 Å². The standard InChI is InChI=1S/C13H16N4O2/c1-8(9-3-5-10(14)6-4-9)17-12-11(19-2)13(18)16-7-15-12/h3-8H,14H2,1-2H3,(H2,15,16,17,18). The number of nitrogens with two attached hydrogens (primary N) is 1. The first-order valence-electron chi connectivity index (χ1n) is 5.85. The van der Waals surface area contributed by atoms with Crippen molar-refractivity contribution in [2.45, 2.75) is 13.0 Å². The minimum Gasteiger partial charge on any atom is -0.489 e. The molecule has 0 fully saturated rings. The average molecular weight is 260 g/mol. The molecular formula is C13H16N4O2. The molecule has 0 bridgehead atoms. The fourth-order valence-electron chi connectivity index (χ4n) is 1.75. The van der Waals surface area contributed by atoms with Gasteiger partial charge in [0.05, 0.1) is 19.5 Å². The van der Waals surface area contributed by atoms with Crippen molar-refractivity contribution in [3.63, 3.8) is 0 Å². The number of H-pyrrole nitrogens is 1. The summed E-state index contributed by atoms with van der Waals surface area (Å²) in [6.45, 7) is 1.97. The number of aromatic amines is 1. The third-order valence-electron chi connectivity index (χ3n) is 2.80. The summed E-state index contributed by atoms with van der Waals surface area (Å²) < 4.78 is 5.04. The van der Waals surface area contributed by atoms with E-state index in [1.165, 1.54) is 13.4 Å². The van der Waals surface area contributed by atoms with Crippen LogP contribution in [0, 0.1) is 0 Å². The Balaban J connectivity index is 2.24. The molecule has 1 aromatic heterocycles. The molecule has 0 amide bonds. The molecule has 19 heavy (non-hydrogen) atoms. The van der Waals surface area contributed by atoms with Gasteiger partial charge in [-0.15, -0.1) is 0 Å². The van der Waals surface area contributed by atoms with Gasteiger partial charge in [0, 0.05) is 5.69 Å². The third kappa shape index (κ3) is 2.85. The maximum Gasteiger partial charge on any atom is 0.295 e. The number of aromatic nitrogens is 2. The summed E-state index contributed by atoms with van der Waals surface area (Å²) in [6, 6.07) is 7.48. The zero-order chi connectivity index (χ0) is 13.8. The van der Waals surface area contributed by atoms with Crippen molar-refractivity contribution in [1.82, 2.24) is 9.97 Å². The summed E-state index contributed by atoms with van der Waals surface area (Å²) in [4.78, 5) is 18.1. The predicted octanol–water partition coefficient (Wildman–Crippen LogP) is 1.53. The smallest absolute Gasteiger partial charge is 0.295 e. The summed E-state index contributed by atoms with van der Waals surface area (Å²) >= 11 is 0. The van der Waals surface area contributed by atoms with E-state index in [0.717, 1.165) is 5.56 Å². The monoisotopic (exact) mass is 260 g/mol. The van der Waals surface area contributed by atoms with Crippen molar-refractivity contribution in [2.24, 2.45) is 0 Å². The van der Waals surface area contributed by atoms with Gasteiger partial charge >= 0.3 is 0 Å². The Labute approximate surface area is 110 Å². The van der Waals surface area contributed by atoms with E-state index in [1.54, 1.807) is 0 Å². The highest BCUT2D eigenvalue weighted by Crippen LogP contribution is 2.22. The molecule has 0 saturated carbocycles. The van der Waals surface area contributed by atoms with Crippen LogP contribution in [-0.2, 0) is 0 Å². The lowest BCUT2D eigenvalue weighted by Crippen LogP contribution is -2.16. The van der Waals surface area contributed by atoms with Gasteiger partial charge in [0.15, 0.2) is 5.82 Å². The SMILES string of the molecule is COc1c(NC(C)c2ccc(N)cc2)nc[nH]c1=O. The van der Waals surface area contributed by atoms with Crippen LogP contribution in [0.2, 0.25) is 0 Å². The van der Waals surface area contributed by atoms with Gasteiger partial charge in [0.2, 0.25) is 5.75 Å². The van der Waals surface area contributed by atoms with Gasteiger partial charge in [-0.25, -0.2) is 4.98 Å². The molecule has 0 radical (unpaired) electrons. The second-order valence-electron chi connectivity index (χ2n) is 4.15. The number of nitrogens with zero attached hydrogens (tertiary/aromatic N) is 1. The Kier molecular flexibility index (Phi) is 3.70. The van der Waals surface area contributed by atoms with Crippen molar-refractivity contribution in [1.29, 1.82) is 0 Å². The lowest BCUT2D eigenvalue weighted by Gasteiger charge is -2.16. The molecule has 6 heteroatoms. The number of anilines is 2. The fourth-order valence-corrected chi connectivity index (χ4v) is 1.75. The maximum absolute atomic E-state index is 11.6. The molecule has 1 atom stereocenters. The third-order valence-corrected chi connectivity index (χ3v) is 2.80. The summed E-state index contributed by atoms with van der Waals surface area (Å²) in [5.74, 6) is 0.584. The molecule has 6 nitrogen and oxygen atoms in total. The Morgan fingerprint density at radius 1 is 1.37 bits per heavy atom. The molecule has 0 saturated heterocycles. The molecule has 0 aliphatic heterocycles. The van der Waals surface area contributed by atoms with E-state index >= 15 is 0 Å². The van der Waals surface area contributed by atoms with Gasteiger partial charge in [-0.3, -0.25) is 4.79 Å². The van der Waals surface area contributed by atoms with Gasteiger partial charge in [0.1, 0.15) is 0 Å². The highest BCUT2D eigenvalue weighted by Gasteiger charge is 2.12. The fraction of sp³-hybridized carbons (Fsp3) is 0.231. The van der Waals surface area contributed by atoms with Gasteiger partial charge < -0.3 is 20.8 Å². The molecule has 0 aliphatic carbocycles. The number of hydrogen-bond donors (Lipinski definition) is 3. The van der Waals surface area contributed by atoms with E-state index in [4.69, 9.17) is 10.5 Å². The predicted molar refractivity (Wildman–Crippen MR) is 74.3 cm³/mol. The minimum atomic E-state index is -0.315. The van der Waals surface area contributed by atoms with Crippen LogP contribution >= 0.6 is 0 Å². The van der Waals surface area contributed by atoms with Crippen LogP contribution in [-0.4, -0.2) is 17.1 Å². The molecule has 4 N–H and O–H groups in total. The van der Waals surface area contributed by atoms with E-state index < -0.39 is 0 Å². The molecule has 1 unspecified atom stereocenters. The molecule has 2 rings (SSSR count). The van der Waals surface area contributed by atoms with Crippen LogP contribution in [0.15, 0.2) is 35.4 Å². The number of nitrogens with one attached hydrogen (secondary N) is 2. The average Bonchev–Trinajstić information content (AvgIpc) is 2.39. The summed E-state index contributed by atoms with van der Waals surface area (Å²) in [5, 5.41) is 3.14. The minimum absolute atomic E-state index is 0.0243. The first-order valence-corrected chi connectivity index (χ1v) is 5.85. The molecule has 1 aromatic carbocycles. The molecule has 0 spiro atoms. The van der Waals surface area contributed by atoms with Gasteiger partial charge in [-0.2, -0.15) is 0 Å². The van der Waals surface area contributed by atoms with Crippen LogP contribution in [0.1, 0.15) is 18.5 Å². The summed E-state index contributed by atoms with van der Waals surface area (Å²) in [6.07, 6.45) is 1.34. The van der Waals surface area contributed by atoms with Crippen molar-refractivity contribution < 1.29 is 4.74 Å². The Morgan fingerprint density at radius 3 is 2.68 bits per heavy atom. The molecule has 1 heterocycles. The normalized spacial score (nSPS) is 11.9. The van der Waals surface area contributed by atoms with Gasteiger partial charge in [-0.1, -0.05) is 12.1 Å². The number of rotatable bonds is 4. The molecule has 2 aromatic rings. The Morgan fingerprint density at radius 2 is 2.05 bits per heavy atom. The van der Waals surface area contributed by atoms with Crippen molar-refractivity contribution in [3.8, 4) is 5.75 Å². The highest BCUT2D eigenvalue weighted by molar-refractivity contribution is 5.50. The van der Waals surface area contributed by atoms with Crippen LogP contribution < -0.4 is 21.3 Å². The van der Waals surface area contributed by atoms with Crippen molar-refractivity contribution in [3.05, 3.63) is 46.5 Å². The van der Waals surface area contributed by atoms with Crippen LogP contribution in [0.3, 0.4) is 0 Å². The topological polar surface area (TPSA) is 93.0 Å². The number of benzene rings is 1. The second kappa shape index (κ2) is 5.43. The maximum atomic E-state index is 11.6. The lowest BCUT2D eigenvalue weighted by atomic mass is 10.1. The molecular weight excluding hydrogens is 244 g/mol. The largest absolute Gasteiger partial charge is 0.489 e. The summed E-state index contributed by atoms with van der Waals surface area (Å²) in [7, 11) is 1.44. The number of nitrogen functional groups attached to an aromatic ring is 1. The number of hydrogen-bond acceptors (Lipinski definition) is 5. The summed E-state index contributed by atoms with van der Waals surface area (Å²) in [5.41, 5.74) is 7.08. The van der Waals surface area contributed by atoms with E-state index in [1.807, 2.05) is 31.2 Å². The lowest BCUT2D eigenvalue weighted by molar-refractivity contribution is 0.407. The van der Waals surface area contributed by atoms with Gasteiger partial charge in [-0.05, 0) is 24.6 Å². The second-order valence-corrected chi connectivity index (χ2v) is 4.15. The van der Waals surface area contributed by atoms with E-state index in [2.05, 4.69) is 15.3 Å². The number of ether oxygens (including phenoxy) is 1. The first-order chi connectivity index (χ1) is 9.11. The molecule has 100 valence electrons.